The highest BCUT2D eigenvalue weighted by atomic mass is 35.5. The van der Waals surface area contributed by atoms with Crippen LogP contribution in [0.15, 0.2) is 72.8 Å². The van der Waals surface area contributed by atoms with E-state index in [1.165, 1.54) is 5.56 Å². The van der Waals surface area contributed by atoms with Crippen LogP contribution in [0.4, 0.5) is 0 Å². The maximum atomic E-state index is 6.18. The molecule has 0 spiro atoms. The monoisotopic (exact) mass is 449 g/mol. The standard InChI is InChI=1S/C24H20ClN3O2S/c25-18-8-10-19(11-9-18)28-23(26-27-24(28)31)15-29-20-12-5-17(6-13-20)22-14-7-16-3-1-2-4-21(16)30-22/h1-6,8-13,22H,7,14-15H2,(H,27,31). The van der Waals surface area contributed by atoms with Gasteiger partial charge in [-0.3, -0.25) is 9.67 Å². The van der Waals surface area contributed by atoms with E-state index in [2.05, 4.69) is 34.5 Å². The second kappa shape index (κ2) is 8.57. The van der Waals surface area contributed by atoms with Crippen LogP contribution < -0.4 is 9.47 Å². The van der Waals surface area contributed by atoms with E-state index < -0.39 is 0 Å². The first-order valence-corrected chi connectivity index (χ1v) is 10.9. The van der Waals surface area contributed by atoms with Crippen LogP contribution in [-0.2, 0) is 13.0 Å². The zero-order valence-corrected chi connectivity index (χ0v) is 18.2. The van der Waals surface area contributed by atoms with Gasteiger partial charge in [-0.05, 0) is 78.7 Å². The van der Waals surface area contributed by atoms with Crippen LogP contribution in [0, 0.1) is 4.77 Å². The zero-order chi connectivity index (χ0) is 21.2. The number of rotatable bonds is 5. The molecule has 1 aromatic heterocycles. The molecule has 7 heteroatoms. The largest absolute Gasteiger partial charge is 0.486 e. The fraction of sp³-hybridized carbons (Fsp3) is 0.167. The minimum absolute atomic E-state index is 0.0603. The number of benzene rings is 3. The van der Waals surface area contributed by atoms with Crippen molar-refractivity contribution < 1.29 is 9.47 Å². The van der Waals surface area contributed by atoms with Gasteiger partial charge >= 0.3 is 0 Å². The SMILES string of the molecule is S=c1[nH]nc(COc2ccc(C3CCc4ccccc4O3)cc2)n1-c1ccc(Cl)cc1. The summed E-state index contributed by atoms with van der Waals surface area (Å²) in [5.41, 5.74) is 3.30. The van der Waals surface area contributed by atoms with Gasteiger partial charge in [0.2, 0.25) is 0 Å². The molecule has 0 fully saturated rings. The smallest absolute Gasteiger partial charge is 0.199 e. The van der Waals surface area contributed by atoms with Gasteiger partial charge in [-0.25, -0.2) is 0 Å². The normalized spacial score (nSPS) is 15.2. The maximum absolute atomic E-state index is 6.18. The number of aryl methyl sites for hydroxylation is 1. The maximum Gasteiger partial charge on any atom is 0.199 e. The summed E-state index contributed by atoms with van der Waals surface area (Å²) in [6.45, 7) is 0.280. The predicted molar refractivity (Wildman–Crippen MR) is 123 cm³/mol. The number of para-hydroxylation sites is 1. The molecule has 1 N–H and O–H groups in total. The predicted octanol–water partition coefficient (Wildman–Crippen LogP) is 6.23. The summed E-state index contributed by atoms with van der Waals surface area (Å²) in [4.78, 5) is 0. The lowest BCUT2D eigenvalue weighted by molar-refractivity contribution is 0.176. The minimum atomic E-state index is 0.0603. The van der Waals surface area contributed by atoms with Gasteiger partial charge in [-0.2, -0.15) is 5.10 Å². The second-order valence-corrected chi connectivity index (χ2v) is 8.19. The van der Waals surface area contributed by atoms with Crippen molar-refractivity contribution in [3.63, 3.8) is 0 Å². The summed E-state index contributed by atoms with van der Waals surface area (Å²) in [5, 5.41) is 7.81. The fourth-order valence-electron chi connectivity index (χ4n) is 3.77. The molecular formula is C24H20ClN3O2S. The molecule has 0 saturated carbocycles. The molecule has 0 radical (unpaired) electrons. The van der Waals surface area contributed by atoms with Crippen molar-refractivity contribution in [2.24, 2.45) is 0 Å². The summed E-state index contributed by atoms with van der Waals surface area (Å²) in [6, 6.07) is 23.7. The van der Waals surface area contributed by atoms with Crippen LogP contribution in [0.25, 0.3) is 5.69 Å². The Morgan fingerprint density at radius 2 is 1.84 bits per heavy atom. The summed E-state index contributed by atoms with van der Waals surface area (Å²) in [7, 11) is 0. The number of fused-ring (bicyclic) bond motifs is 1. The van der Waals surface area contributed by atoms with Gasteiger partial charge < -0.3 is 9.47 Å². The Balaban J connectivity index is 1.28. The number of hydrogen-bond donors (Lipinski definition) is 1. The van der Waals surface area contributed by atoms with E-state index >= 15 is 0 Å². The van der Waals surface area contributed by atoms with Crippen molar-refractivity contribution in [1.82, 2.24) is 14.8 Å². The average Bonchev–Trinajstić information content (AvgIpc) is 3.18. The molecule has 3 aromatic carbocycles. The summed E-state index contributed by atoms with van der Waals surface area (Å²) in [5.74, 6) is 2.42. The van der Waals surface area contributed by atoms with Gasteiger partial charge in [0.1, 0.15) is 24.2 Å². The van der Waals surface area contributed by atoms with Gasteiger partial charge in [0.05, 0.1) is 0 Å². The molecule has 5 nitrogen and oxygen atoms in total. The van der Waals surface area contributed by atoms with Crippen molar-refractivity contribution in [2.75, 3.05) is 0 Å². The Kier molecular flexibility index (Phi) is 5.49. The Hall–Kier alpha value is -3.09. The van der Waals surface area contributed by atoms with Crippen LogP contribution in [0.5, 0.6) is 11.5 Å². The summed E-state index contributed by atoms with van der Waals surface area (Å²) >= 11 is 11.4. The van der Waals surface area contributed by atoms with Gasteiger partial charge in [-0.1, -0.05) is 41.9 Å². The van der Waals surface area contributed by atoms with Gasteiger partial charge in [-0.15, -0.1) is 0 Å². The molecule has 0 saturated heterocycles. The van der Waals surface area contributed by atoms with Crippen molar-refractivity contribution in [3.05, 3.63) is 99.5 Å². The van der Waals surface area contributed by atoms with Gasteiger partial charge in [0.15, 0.2) is 10.6 Å². The number of H-pyrrole nitrogens is 1. The van der Waals surface area contributed by atoms with Crippen LogP contribution in [-0.4, -0.2) is 14.8 Å². The second-order valence-electron chi connectivity index (χ2n) is 7.37. The number of nitrogens with one attached hydrogen (secondary N) is 1. The number of nitrogens with zero attached hydrogens (tertiary/aromatic N) is 2. The molecule has 0 bridgehead atoms. The number of hydrogen-bond acceptors (Lipinski definition) is 4. The Labute approximate surface area is 190 Å². The number of ether oxygens (including phenoxy) is 2. The zero-order valence-electron chi connectivity index (χ0n) is 16.6. The van der Waals surface area contributed by atoms with Crippen molar-refractivity contribution >= 4 is 23.8 Å². The third-order valence-electron chi connectivity index (χ3n) is 5.36. The first-order chi connectivity index (χ1) is 15.2. The Bertz CT molecular complexity index is 1250. The van der Waals surface area contributed by atoms with Crippen LogP contribution >= 0.6 is 23.8 Å². The van der Waals surface area contributed by atoms with Crippen LogP contribution in [0.1, 0.15) is 29.5 Å². The highest BCUT2D eigenvalue weighted by molar-refractivity contribution is 7.71. The molecule has 2 heterocycles. The first-order valence-electron chi connectivity index (χ1n) is 10.1. The lowest BCUT2D eigenvalue weighted by Gasteiger charge is -2.26. The lowest BCUT2D eigenvalue weighted by Crippen LogP contribution is -2.14. The van der Waals surface area contributed by atoms with E-state index in [4.69, 9.17) is 33.3 Å². The van der Waals surface area contributed by atoms with Crippen molar-refractivity contribution in [1.29, 1.82) is 0 Å². The van der Waals surface area contributed by atoms with E-state index in [9.17, 15) is 0 Å². The number of halogens is 1. The third-order valence-corrected chi connectivity index (χ3v) is 5.89. The molecule has 31 heavy (non-hydrogen) atoms. The molecule has 0 aliphatic carbocycles. The quantitative estimate of drug-likeness (QED) is 0.367. The molecule has 156 valence electrons. The summed E-state index contributed by atoms with van der Waals surface area (Å²) < 4.78 is 14.5. The number of aromatic nitrogens is 3. The minimum Gasteiger partial charge on any atom is -0.486 e. The highest BCUT2D eigenvalue weighted by Crippen LogP contribution is 2.35. The van der Waals surface area contributed by atoms with Crippen LogP contribution in [0.2, 0.25) is 5.02 Å². The molecular weight excluding hydrogens is 430 g/mol. The molecule has 4 aromatic rings. The van der Waals surface area contributed by atoms with Crippen molar-refractivity contribution in [3.8, 4) is 17.2 Å². The molecule has 0 amide bonds. The van der Waals surface area contributed by atoms with E-state index in [0.29, 0.717) is 15.6 Å². The molecule has 1 aliphatic rings. The Morgan fingerprint density at radius 3 is 2.65 bits per heavy atom. The molecule has 1 unspecified atom stereocenters. The fourth-order valence-corrected chi connectivity index (χ4v) is 4.15. The highest BCUT2D eigenvalue weighted by Gasteiger charge is 2.21. The number of aromatic amines is 1. The van der Waals surface area contributed by atoms with E-state index in [0.717, 1.165) is 35.6 Å². The van der Waals surface area contributed by atoms with E-state index in [1.54, 1.807) is 0 Å². The van der Waals surface area contributed by atoms with Gasteiger partial charge in [0, 0.05) is 10.7 Å². The van der Waals surface area contributed by atoms with E-state index in [1.807, 2.05) is 53.1 Å². The third kappa shape index (κ3) is 4.22. The van der Waals surface area contributed by atoms with Gasteiger partial charge in [0.25, 0.3) is 0 Å². The summed E-state index contributed by atoms with van der Waals surface area (Å²) in [6.07, 6.45) is 2.05. The topological polar surface area (TPSA) is 52.1 Å². The van der Waals surface area contributed by atoms with Crippen LogP contribution in [0.3, 0.4) is 0 Å². The average molecular weight is 450 g/mol. The van der Waals surface area contributed by atoms with Crippen molar-refractivity contribution in [2.45, 2.75) is 25.6 Å². The Morgan fingerprint density at radius 1 is 1.06 bits per heavy atom. The van der Waals surface area contributed by atoms with E-state index in [-0.39, 0.29) is 12.7 Å². The molecule has 5 rings (SSSR count). The first kappa shape index (κ1) is 19.8. The lowest BCUT2D eigenvalue weighted by atomic mass is 9.97. The molecule has 1 aliphatic heterocycles. The molecule has 1 atom stereocenters.